The summed E-state index contributed by atoms with van der Waals surface area (Å²) in [6.07, 6.45) is 1.76. The number of hydrogen-bond acceptors (Lipinski definition) is 4. The molecule has 0 radical (unpaired) electrons. The second-order valence-electron chi connectivity index (χ2n) is 8.93. The highest BCUT2D eigenvalue weighted by molar-refractivity contribution is 6.32. The third kappa shape index (κ3) is 3.47. The molecule has 4 heteroatoms. The van der Waals surface area contributed by atoms with Crippen LogP contribution >= 0.6 is 0 Å². The molecule has 0 aromatic heterocycles. The van der Waals surface area contributed by atoms with E-state index in [1.165, 1.54) is 11.1 Å². The Morgan fingerprint density at radius 1 is 0.848 bits per heavy atom. The first-order chi connectivity index (χ1) is 16.1. The van der Waals surface area contributed by atoms with E-state index in [1.807, 2.05) is 36.4 Å². The van der Waals surface area contributed by atoms with Gasteiger partial charge in [0.15, 0.2) is 17.1 Å². The van der Waals surface area contributed by atoms with E-state index in [9.17, 15) is 9.59 Å². The maximum atomic E-state index is 13.9. The molecule has 5 rings (SSSR count). The number of aryl methyl sites for hydroxylation is 1. The molecule has 0 atom stereocenters. The predicted molar refractivity (Wildman–Crippen MR) is 131 cm³/mol. The Hall–Kier alpha value is -3.34. The number of Topliss-reactive ketones (excluding diaryl/α,β-unsaturated/α-hetero) is 2. The molecule has 0 bridgehead atoms. The van der Waals surface area contributed by atoms with Gasteiger partial charge in [-0.1, -0.05) is 79.4 Å². The van der Waals surface area contributed by atoms with Crippen LogP contribution in [0.25, 0.3) is 6.08 Å². The molecule has 3 aromatic carbocycles. The van der Waals surface area contributed by atoms with Crippen LogP contribution in [0.2, 0.25) is 0 Å². The van der Waals surface area contributed by atoms with Crippen molar-refractivity contribution in [3.8, 4) is 0 Å². The minimum atomic E-state index is -1.31. The Bertz CT molecular complexity index is 1200. The van der Waals surface area contributed by atoms with E-state index in [0.717, 1.165) is 30.8 Å². The molecule has 4 nitrogen and oxygen atoms in total. The highest BCUT2D eigenvalue weighted by Gasteiger charge is 2.58. The van der Waals surface area contributed by atoms with Crippen LogP contribution in [0.1, 0.15) is 43.0 Å². The van der Waals surface area contributed by atoms with Crippen LogP contribution < -0.4 is 0 Å². The number of piperazine rings is 1. The van der Waals surface area contributed by atoms with Crippen molar-refractivity contribution in [2.75, 3.05) is 26.2 Å². The van der Waals surface area contributed by atoms with Gasteiger partial charge < -0.3 is 0 Å². The van der Waals surface area contributed by atoms with Gasteiger partial charge in [0.1, 0.15) is 0 Å². The van der Waals surface area contributed by atoms with Crippen LogP contribution in [0.3, 0.4) is 0 Å². The van der Waals surface area contributed by atoms with Crippen molar-refractivity contribution in [3.05, 3.63) is 113 Å². The van der Waals surface area contributed by atoms with Crippen LogP contribution in [-0.2, 0) is 12.1 Å². The fourth-order valence-corrected chi connectivity index (χ4v) is 5.26. The maximum Gasteiger partial charge on any atom is 0.196 e. The molecule has 33 heavy (non-hydrogen) atoms. The highest BCUT2D eigenvalue weighted by Crippen LogP contribution is 2.43. The van der Waals surface area contributed by atoms with Crippen LogP contribution in [-0.4, -0.2) is 47.5 Å². The maximum absolute atomic E-state index is 13.9. The summed E-state index contributed by atoms with van der Waals surface area (Å²) in [7, 11) is 0. The number of carbonyl (C=O) groups excluding carboxylic acids is 2. The Morgan fingerprint density at radius 2 is 1.48 bits per heavy atom. The van der Waals surface area contributed by atoms with Gasteiger partial charge in [-0.2, -0.15) is 0 Å². The van der Waals surface area contributed by atoms with Gasteiger partial charge >= 0.3 is 0 Å². The standard InChI is InChI=1S/C29H28N2O2/c1-3-22-10-8-12-24(19-22)29(27(32)25-13-6-7-14-26(25)28(29)33)31-17-15-30(16-18-31)20-23-11-5-4-9-21(23)2/h3-14,19H,1,15-18,20H2,2H3. The van der Waals surface area contributed by atoms with Crippen molar-refractivity contribution < 1.29 is 9.59 Å². The molecular weight excluding hydrogens is 408 g/mol. The lowest BCUT2D eigenvalue weighted by molar-refractivity contribution is 0.0279. The topological polar surface area (TPSA) is 40.6 Å². The highest BCUT2D eigenvalue weighted by atomic mass is 16.2. The van der Waals surface area contributed by atoms with Crippen LogP contribution in [0.4, 0.5) is 0 Å². The van der Waals surface area contributed by atoms with E-state index in [4.69, 9.17) is 0 Å². The Labute approximate surface area is 195 Å². The average molecular weight is 437 g/mol. The van der Waals surface area contributed by atoms with Crippen molar-refractivity contribution in [2.24, 2.45) is 0 Å². The van der Waals surface area contributed by atoms with Crippen LogP contribution in [0.15, 0.2) is 79.4 Å². The summed E-state index contributed by atoms with van der Waals surface area (Å²) in [6.45, 7) is 9.79. The summed E-state index contributed by atoms with van der Waals surface area (Å²) in [5.41, 5.74) is 3.98. The molecule has 3 aromatic rings. The number of fused-ring (bicyclic) bond motifs is 1. The predicted octanol–water partition coefficient (Wildman–Crippen LogP) is 4.73. The number of rotatable bonds is 5. The van der Waals surface area contributed by atoms with Crippen molar-refractivity contribution >= 4 is 17.6 Å². The summed E-state index contributed by atoms with van der Waals surface area (Å²) in [4.78, 5) is 32.4. The SMILES string of the molecule is C=Cc1cccc(C2(N3CCN(Cc4ccccc4C)CC3)C(=O)c3ccccc3C2=O)c1. The van der Waals surface area contributed by atoms with Gasteiger partial charge in [0.05, 0.1) is 0 Å². The minimum absolute atomic E-state index is 0.114. The van der Waals surface area contributed by atoms with Gasteiger partial charge in [-0.25, -0.2) is 0 Å². The smallest absolute Gasteiger partial charge is 0.196 e. The first kappa shape index (κ1) is 21.5. The molecule has 0 unspecified atom stereocenters. The molecule has 0 amide bonds. The molecule has 0 saturated carbocycles. The molecule has 1 heterocycles. The van der Waals surface area contributed by atoms with Gasteiger partial charge in [0, 0.05) is 43.9 Å². The zero-order valence-electron chi connectivity index (χ0n) is 19.0. The number of carbonyl (C=O) groups is 2. The zero-order valence-corrected chi connectivity index (χ0v) is 19.0. The van der Waals surface area contributed by atoms with Crippen LogP contribution in [0, 0.1) is 6.92 Å². The van der Waals surface area contributed by atoms with Gasteiger partial charge in [0.25, 0.3) is 0 Å². The van der Waals surface area contributed by atoms with Crippen molar-refractivity contribution in [1.29, 1.82) is 0 Å². The Kier molecular flexibility index (Phi) is 5.57. The number of hydrogen-bond donors (Lipinski definition) is 0. The Morgan fingerprint density at radius 3 is 2.12 bits per heavy atom. The number of benzene rings is 3. The molecule has 1 aliphatic heterocycles. The zero-order chi connectivity index (χ0) is 23.0. The van der Waals surface area contributed by atoms with Gasteiger partial charge in [-0.05, 0) is 35.2 Å². The molecule has 0 N–H and O–H groups in total. The van der Waals surface area contributed by atoms with Crippen molar-refractivity contribution in [3.63, 3.8) is 0 Å². The van der Waals surface area contributed by atoms with E-state index in [1.54, 1.807) is 18.2 Å². The normalized spacial score (nSPS) is 18.3. The summed E-state index contributed by atoms with van der Waals surface area (Å²) < 4.78 is 0. The molecule has 166 valence electrons. The molecule has 0 spiro atoms. The second kappa shape index (κ2) is 8.54. The molecule has 1 saturated heterocycles. The van der Waals surface area contributed by atoms with E-state index in [-0.39, 0.29) is 11.6 Å². The van der Waals surface area contributed by atoms with Gasteiger partial charge in [-0.3, -0.25) is 19.4 Å². The largest absolute Gasteiger partial charge is 0.297 e. The third-order valence-corrected chi connectivity index (χ3v) is 7.12. The molecular formula is C29H28N2O2. The van der Waals surface area contributed by atoms with Crippen LogP contribution in [0.5, 0.6) is 0 Å². The lowest BCUT2D eigenvalue weighted by Gasteiger charge is -2.44. The number of ketones is 2. The summed E-state index contributed by atoms with van der Waals surface area (Å²) in [6, 6.07) is 23.4. The fourth-order valence-electron chi connectivity index (χ4n) is 5.26. The quantitative estimate of drug-likeness (QED) is 0.542. The molecule has 1 aliphatic carbocycles. The van der Waals surface area contributed by atoms with E-state index < -0.39 is 5.54 Å². The summed E-state index contributed by atoms with van der Waals surface area (Å²) in [5.74, 6) is -0.228. The number of nitrogens with zero attached hydrogens (tertiary/aromatic N) is 2. The van der Waals surface area contributed by atoms with Crippen molar-refractivity contribution in [2.45, 2.75) is 19.0 Å². The van der Waals surface area contributed by atoms with Gasteiger partial charge in [0.2, 0.25) is 0 Å². The van der Waals surface area contributed by atoms with Gasteiger partial charge in [-0.15, -0.1) is 0 Å². The minimum Gasteiger partial charge on any atom is -0.297 e. The monoisotopic (exact) mass is 436 g/mol. The fraction of sp³-hybridized carbons (Fsp3) is 0.241. The summed E-state index contributed by atoms with van der Waals surface area (Å²) in [5, 5.41) is 0. The lowest BCUT2D eigenvalue weighted by atomic mass is 9.81. The summed E-state index contributed by atoms with van der Waals surface area (Å²) >= 11 is 0. The first-order valence-electron chi connectivity index (χ1n) is 11.5. The lowest BCUT2D eigenvalue weighted by Crippen LogP contribution is -2.60. The van der Waals surface area contributed by atoms with Crippen molar-refractivity contribution in [1.82, 2.24) is 9.80 Å². The van der Waals surface area contributed by atoms with E-state index in [0.29, 0.717) is 24.2 Å². The first-order valence-corrected chi connectivity index (χ1v) is 11.5. The molecule has 1 fully saturated rings. The third-order valence-electron chi connectivity index (χ3n) is 7.12. The Balaban J connectivity index is 1.50. The second-order valence-corrected chi connectivity index (χ2v) is 8.93. The average Bonchev–Trinajstić information content (AvgIpc) is 3.09. The van der Waals surface area contributed by atoms with E-state index in [2.05, 4.69) is 47.6 Å². The molecule has 2 aliphatic rings. The van der Waals surface area contributed by atoms with E-state index >= 15 is 0 Å².